The van der Waals surface area contributed by atoms with E-state index in [1.165, 1.54) is 0 Å². The van der Waals surface area contributed by atoms with E-state index in [1.54, 1.807) is 0 Å². The highest BCUT2D eigenvalue weighted by atomic mass is 16.2. The quantitative estimate of drug-likeness (QED) is 0.470. The molecule has 0 spiro atoms. The normalized spacial score (nSPS) is 12.8. The number of aromatic nitrogens is 1. The molecule has 3 aromatic carbocycles. The van der Waals surface area contributed by atoms with Gasteiger partial charge in [0.25, 0.3) is 5.91 Å². The first-order valence-electron chi connectivity index (χ1n) is 9.49. The summed E-state index contributed by atoms with van der Waals surface area (Å²) in [4.78, 5) is 15.3. The van der Waals surface area contributed by atoms with Crippen molar-refractivity contribution in [1.29, 1.82) is 0 Å². The summed E-state index contributed by atoms with van der Waals surface area (Å²) in [7, 11) is 0. The van der Waals surface area contributed by atoms with Crippen LogP contribution >= 0.6 is 0 Å². The summed E-state index contributed by atoms with van der Waals surface area (Å²) < 4.78 is 2.21. The van der Waals surface area contributed by atoms with Crippen LogP contribution in [0.15, 0.2) is 97.2 Å². The van der Waals surface area contributed by atoms with Crippen LogP contribution in [0.25, 0.3) is 11.1 Å². The molecule has 1 aromatic heterocycles. The Balaban J connectivity index is 1.51. The van der Waals surface area contributed by atoms with E-state index in [0.29, 0.717) is 12.1 Å². The van der Waals surface area contributed by atoms with Gasteiger partial charge in [-0.15, -0.1) is 0 Å². The lowest BCUT2D eigenvalue weighted by atomic mass is 10.0. The maximum Gasteiger partial charge on any atom is 0.258 e. The first kappa shape index (κ1) is 16.6. The van der Waals surface area contributed by atoms with Crippen LogP contribution in [-0.4, -0.2) is 10.5 Å². The Morgan fingerprint density at radius 3 is 2.21 bits per heavy atom. The molecule has 5 rings (SSSR count). The summed E-state index contributed by atoms with van der Waals surface area (Å²) >= 11 is 0. The van der Waals surface area contributed by atoms with Crippen LogP contribution in [-0.2, 0) is 13.1 Å². The van der Waals surface area contributed by atoms with Crippen LogP contribution in [0.2, 0.25) is 0 Å². The number of hydrogen-bond donors (Lipinski definition) is 0. The van der Waals surface area contributed by atoms with Gasteiger partial charge >= 0.3 is 0 Å². The average molecular weight is 364 g/mol. The van der Waals surface area contributed by atoms with Gasteiger partial charge in [-0.25, -0.2) is 0 Å². The van der Waals surface area contributed by atoms with E-state index in [0.717, 1.165) is 34.6 Å². The van der Waals surface area contributed by atoms with E-state index in [2.05, 4.69) is 35.0 Å². The number of benzene rings is 3. The molecular weight excluding hydrogens is 344 g/mol. The summed E-state index contributed by atoms with van der Waals surface area (Å²) in [5, 5.41) is 0. The minimum absolute atomic E-state index is 0.0294. The van der Waals surface area contributed by atoms with Crippen molar-refractivity contribution in [2.24, 2.45) is 0 Å². The highest BCUT2D eigenvalue weighted by Gasteiger charge is 2.24. The molecule has 1 amide bonds. The third-order valence-corrected chi connectivity index (χ3v) is 5.35. The molecule has 0 unspecified atom stereocenters. The zero-order chi connectivity index (χ0) is 18.9. The van der Waals surface area contributed by atoms with Crippen molar-refractivity contribution in [3.8, 4) is 11.1 Å². The molecule has 0 saturated carbocycles. The van der Waals surface area contributed by atoms with E-state index in [-0.39, 0.29) is 5.91 Å². The van der Waals surface area contributed by atoms with Gasteiger partial charge in [0.05, 0.1) is 6.54 Å². The van der Waals surface area contributed by atoms with Crippen LogP contribution in [0, 0.1) is 0 Å². The Hall–Kier alpha value is -3.59. The Morgan fingerprint density at radius 1 is 0.679 bits per heavy atom. The first-order chi connectivity index (χ1) is 13.8. The fraction of sp³-hybridized carbons (Fsp3) is 0.0800. The van der Waals surface area contributed by atoms with E-state index in [9.17, 15) is 4.79 Å². The second-order valence-electron chi connectivity index (χ2n) is 7.09. The number of hydrogen-bond acceptors (Lipinski definition) is 1. The number of carbonyl (C=O) groups is 1. The van der Waals surface area contributed by atoms with E-state index < -0.39 is 0 Å². The van der Waals surface area contributed by atoms with Crippen LogP contribution in [0.4, 0.5) is 5.69 Å². The summed E-state index contributed by atoms with van der Waals surface area (Å²) in [6, 6.07) is 30.4. The zero-order valence-electron chi connectivity index (χ0n) is 15.5. The van der Waals surface area contributed by atoms with Gasteiger partial charge in [0.1, 0.15) is 0 Å². The molecule has 136 valence electrons. The maximum atomic E-state index is 13.4. The molecule has 0 saturated heterocycles. The molecule has 4 aromatic rings. The monoisotopic (exact) mass is 364 g/mol. The van der Waals surface area contributed by atoms with Gasteiger partial charge in [0.15, 0.2) is 0 Å². The van der Waals surface area contributed by atoms with Crippen LogP contribution < -0.4 is 4.90 Å². The second-order valence-corrected chi connectivity index (χ2v) is 7.09. The number of fused-ring (bicyclic) bond motifs is 2. The lowest BCUT2D eigenvalue weighted by Gasteiger charge is -2.23. The third-order valence-electron chi connectivity index (χ3n) is 5.35. The Labute approximate surface area is 164 Å². The maximum absolute atomic E-state index is 13.4. The molecular formula is C25H20N2O. The molecule has 0 aliphatic carbocycles. The van der Waals surface area contributed by atoms with Crippen LogP contribution in [0.5, 0.6) is 0 Å². The molecule has 0 radical (unpaired) electrons. The molecule has 28 heavy (non-hydrogen) atoms. The van der Waals surface area contributed by atoms with Crippen molar-refractivity contribution in [1.82, 2.24) is 4.57 Å². The number of rotatable bonds is 2. The predicted octanol–water partition coefficient (Wildman–Crippen LogP) is 5.36. The van der Waals surface area contributed by atoms with E-state index in [1.807, 2.05) is 71.6 Å². The van der Waals surface area contributed by atoms with Gasteiger partial charge in [0.2, 0.25) is 0 Å². The molecule has 1 aliphatic rings. The van der Waals surface area contributed by atoms with Crippen molar-refractivity contribution in [2.75, 3.05) is 4.90 Å². The van der Waals surface area contributed by atoms with E-state index >= 15 is 0 Å². The third kappa shape index (κ3) is 2.91. The van der Waals surface area contributed by atoms with Gasteiger partial charge in [-0.05, 0) is 47.0 Å². The van der Waals surface area contributed by atoms with Crippen molar-refractivity contribution in [3.63, 3.8) is 0 Å². The Kier molecular flexibility index (Phi) is 4.06. The molecule has 3 nitrogen and oxygen atoms in total. The predicted molar refractivity (Wildman–Crippen MR) is 112 cm³/mol. The molecule has 0 bridgehead atoms. The van der Waals surface area contributed by atoms with Gasteiger partial charge < -0.3 is 9.47 Å². The summed E-state index contributed by atoms with van der Waals surface area (Å²) in [5.41, 5.74) is 6.26. The summed E-state index contributed by atoms with van der Waals surface area (Å²) in [5.74, 6) is 0.0294. The van der Waals surface area contributed by atoms with Crippen LogP contribution in [0.3, 0.4) is 0 Å². The smallest absolute Gasteiger partial charge is 0.258 e. The van der Waals surface area contributed by atoms with Crippen molar-refractivity contribution >= 4 is 11.6 Å². The topological polar surface area (TPSA) is 25.2 Å². The first-order valence-corrected chi connectivity index (χ1v) is 9.49. The molecule has 0 N–H and O–H groups in total. The van der Waals surface area contributed by atoms with Crippen molar-refractivity contribution in [2.45, 2.75) is 13.1 Å². The standard InChI is InChI=1S/C25H20N2O/c28-25(21-14-12-20(13-15-21)19-7-2-1-3-8-19)27-18-23-10-6-16-26(23)17-22-9-4-5-11-24(22)27/h1-16H,17-18H2. The number of carbonyl (C=O) groups excluding carboxylic acids is 1. The fourth-order valence-electron chi connectivity index (χ4n) is 3.86. The van der Waals surface area contributed by atoms with Crippen molar-refractivity contribution < 1.29 is 4.79 Å². The zero-order valence-corrected chi connectivity index (χ0v) is 15.5. The molecule has 0 fully saturated rings. The minimum atomic E-state index is 0.0294. The highest BCUT2D eigenvalue weighted by molar-refractivity contribution is 6.06. The SMILES string of the molecule is O=C(c1ccc(-c2ccccc2)cc1)N1Cc2cccn2Cc2ccccc21. The number of amides is 1. The lowest BCUT2D eigenvalue weighted by Crippen LogP contribution is -2.30. The highest BCUT2D eigenvalue weighted by Crippen LogP contribution is 2.29. The molecule has 1 aliphatic heterocycles. The van der Waals surface area contributed by atoms with Gasteiger partial charge in [-0.1, -0.05) is 60.7 Å². The van der Waals surface area contributed by atoms with Gasteiger partial charge in [0, 0.05) is 29.7 Å². The number of nitrogens with zero attached hydrogens (tertiary/aromatic N) is 2. The average Bonchev–Trinajstić information content (AvgIpc) is 3.13. The second kappa shape index (κ2) is 6.86. The molecule has 3 heteroatoms. The largest absolute Gasteiger partial charge is 0.345 e. The summed E-state index contributed by atoms with van der Waals surface area (Å²) in [6.07, 6.45) is 2.08. The lowest BCUT2D eigenvalue weighted by molar-refractivity contribution is 0.0985. The molecule has 0 atom stereocenters. The number of anilines is 1. The van der Waals surface area contributed by atoms with Gasteiger partial charge in [-0.3, -0.25) is 4.79 Å². The number of para-hydroxylation sites is 1. The summed E-state index contributed by atoms with van der Waals surface area (Å²) in [6.45, 7) is 1.36. The van der Waals surface area contributed by atoms with Crippen LogP contribution in [0.1, 0.15) is 21.6 Å². The van der Waals surface area contributed by atoms with E-state index in [4.69, 9.17) is 0 Å². The minimum Gasteiger partial charge on any atom is -0.345 e. The van der Waals surface area contributed by atoms with Gasteiger partial charge in [-0.2, -0.15) is 0 Å². The fourth-order valence-corrected chi connectivity index (χ4v) is 3.86. The molecule has 2 heterocycles. The van der Waals surface area contributed by atoms with Crippen molar-refractivity contribution in [3.05, 3.63) is 114 Å². The Bertz CT molecular complexity index is 1130. The Morgan fingerprint density at radius 2 is 1.39 bits per heavy atom.